The van der Waals surface area contributed by atoms with Gasteiger partial charge in [-0.05, 0) is 29.8 Å². The molecule has 6 nitrogen and oxygen atoms in total. The molecule has 0 aliphatic heterocycles. The molecule has 0 aliphatic rings. The van der Waals surface area contributed by atoms with Crippen molar-refractivity contribution in [3.05, 3.63) is 65.7 Å². The Morgan fingerprint density at radius 3 is 2.29 bits per heavy atom. The Morgan fingerprint density at radius 1 is 1.00 bits per heavy atom. The summed E-state index contributed by atoms with van der Waals surface area (Å²) in [7, 11) is -3.65. The van der Waals surface area contributed by atoms with Gasteiger partial charge in [0.2, 0.25) is 15.9 Å². The van der Waals surface area contributed by atoms with Gasteiger partial charge >= 0.3 is 0 Å². The molecule has 2 aromatic rings. The molecule has 1 amide bonds. The van der Waals surface area contributed by atoms with Crippen molar-refractivity contribution < 1.29 is 13.2 Å². The molecular formula is C17H17N3O3S. The number of nitrogens with zero attached hydrogens (tertiary/aromatic N) is 1. The van der Waals surface area contributed by atoms with Gasteiger partial charge in [0, 0.05) is 13.1 Å². The number of nitrogens with one attached hydrogen (secondary N) is 2. The third kappa shape index (κ3) is 5.19. The Kier molecular flexibility index (Phi) is 6.07. The average Bonchev–Trinajstić information content (AvgIpc) is 2.60. The molecule has 0 heterocycles. The molecule has 0 bridgehead atoms. The molecule has 0 radical (unpaired) electrons. The van der Waals surface area contributed by atoms with Crippen molar-refractivity contribution in [3.63, 3.8) is 0 Å². The lowest BCUT2D eigenvalue weighted by atomic mass is 10.1. The summed E-state index contributed by atoms with van der Waals surface area (Å²) in [4.78, 5) is 11.8. The molecule has 7 heteroatoms. The van der Waals surface area contributed by atoms with Crippen molar-refractivity contribution >= 4 is 15.9 Å². The molecule has 2 aromatic carbocycles. The van der Waals surface area contributed by atoms with Gasteiger partial charge in [-0.2, -0.15) is 5.26 Å². The second kappa shape index (κ2) is 8.24. The fourth-order valence-corrected chi connectivity index (χ4v) is 3.05. The highest BCUT2D eigenvalue weighted by molar-refractivity contribution is 7.89. The molecule has 0 saturated carbocycles. The van der Waals surface area contributed by atoms with Gasteiger partial charge in [0.1, 0.15) is 0 Å². The van der Waals surface area contributed by atoms with E-state index < -0.39 is 10.0 Å². The fraction of sp³-hybridized carbons (Fsp3) is 0.176. The number of hydrogen-bond acceptors (Lipinski definition) is 4. The van der Waals surface area contributed by atoms with E-state index in [-0.39, 0.29) is 30.3 Å². The summed E-state index contributed by atoms with van der Waals surface area (Å²) >= 11 is 0. The van der Waals surface area contributed by atoms with E-state index in [2.05, 4.69) is 10.0 Å². The molecule has 0 saturated heterocycles. The van der Waals surface area contributed by atoms with Crippen molar-refractivity contribution in [2.45, 2.75) is 11.3 Å². The summed E-state index contributed by atoms with van der Waals surface area (Å²) in [5.41, 5.74) is 1.29. The van der Waals surface area contributed by atoms with E-state index in [1.54, 1.807) is 0 Å². The van der Waals surface area contributed by atoms with Gasteiger partial charge < -0.3 is 5.32 Å². The van der Waals surface area contributed by atoms with Gasteiger partial charge in [-0.3, -0.25) is 4.79 Å². The van der Waals surface area contributed by atoms with Crippen LogP contribution in [0.25, 0.3) is 0 Å². The number of hydrogen-bond donors (Lipinski definition) is 2. The summed E-state index contributed by atoms with van der Waals surface area (Å²) < 4.78 is 26.5. The Hall–Kier alpha value is -2.69. The number of rotatable bonds is 7. The largest absolute Gasteiger partial charge is 0.355 e. The van der Waals surface area contributed by atoms with Crippen molar-refractivity contribution in [3.8, 4) is 6.07 Å². The predicted molar refractivity (Wildman–Crippen MR) is 89.5 cm³/mol. The van der Waals surface area contributed by atoms with Crippen molar-refractivity contribution in [2.24, 2.45) is 0 Å². The van der Waals surface area contributed by atoms with Crippen LogP contribution in [0.2, 0.25) is 0 Å². The summed E-state index contributed by atoms with van der Waals surface area (Å²) in [6, 6.07) is 16.8. The first-order valence-corrected chi connectivity index (χ1v) is 8.80. The van der Waals surface area contributed by atoms with Crippen LogP contribution in [-0.4, -0.2) is 27.4 Å². The highest BCUT2D eigenvalue weighted by Crippen LogP contribution is 2.09. The highest BCUT2D eigenvalue weighted by atomic mass is 32.2. The van der Waals surface area contributed by atoms with Gasteiger partial charge in [0.15, 0.2) is 0 Å². The van der Waals surface area contributed by atoms with E-state index in [1.165, 1.54) is 24.3 Å². The molecule has 0 aliphatic carbocycles. The minimum Gasteiger partial charge on any atom is -0.355 e. The van der Waals surface area contributed by atoms with Crippen LogP contribution < -0.4 is 10.0 Å². The normalized spacial score (nSPS) is 10.8. The summed E-state index contributed by atoms with van der Waals surface area (Å²) in [5, 5.41) is 11.4. The predicted octanol–water partition coefficient (Wildman–Crippen LogP) is 1.20. The monoisotopic (exact) mass is 343 g/mol. The maximum atomic E-state index is 12.1. The zero-order valence-corrected chi connectivity index (χ0v) is 13.7. The maximum Gasteiger partial charge on any atom is 0.240 e. The number of carbonyl (C=O) groups excluding carboxylic acids is 1. The van der Waals surface area contributed by atoms with Crippen LogP contribution in [0, 0.1) is 11.3 Å². The van der Waals surface area contributed by atoms with Crippen LogP contribution in [0.3, 0.4) is 0 Å². The topological polar surface area (TPSA) is 99.1 Å². The Morgan fingerprint density at radius 2 is 1.67 bits per heavy atom. The molecule has 124 valence electrons. The zero-order chi connectivity index (χ0) is 17.4. The first-order chi connectivity index (χ1) is 11.5. The highest BCUT2D eigenvalue weighted by Gasteiger charge is 2.13. The SMILES string of the molecule is N#Cc1ccc(S(=O)(=O)NCCNC(=O)Cc2ccccc2)cc1. The number of amides is 1. The van der Waals surface area contributed by atoms with Crippen LogP contribution >= 0.6 is 0 Å². The van der Waals surface area contributed by atoms with Crippen molar-refractivity contribution in [1.29, 1.82) is 5.26 Å². The maximum absolute atomic E-state index is 12.1. The molecular weight excluding hydrogens is 326 g/mol. The van der Waals surface area contributed by atoms with Crippen molar-refractivity contribution in [1.82, 2.24) is 10.0 Å². The quantitative estimate of drug-likeness (QED) is 0.738. The van der Waals surface area contributed by atoms with E-state index in [1.807, 2.05) is 36.4 Å². The Balaban J connectivity index is 1.78. The Bertz CT molecular complexity index is 826. The molecule has 0 spiro atoms. The lowest BCUT2D eigenvalue weighted by Crippen LogP contribution is -2.35. The van der Waals surface area contributed by atoms with Gasteiger partial charge in [-0.1, -0.05) is 30.3 Å². The molecule has 0 aromatic heterocycles. The van der Waals surface area contributed by atoms with Crippen LogP contribution in [0.5, 0.6) is 0 Å². The minimum absolute atomic E-state index is 0.0807. The van der Waals surface area contributed by atoms with E-state index in [9.17, 15) is 13.2 Å². The first kappa shape index (κ1) is 17.7. The lowest BCUT2D eigenvalue weighted by molar-refractivity contribution is -0.120. The molecule has 0 fully saturated rings. The van der Waals surface area contributed by atoms with Crippen LogP contribution in [0.4, 0.5) is 0 Å². The summed E-state index contributed by atoms with van der Waals surface area (Å²) in [6.07, 6.45) is 0.253. The standard InChI is InChI=1S/C17H17N3O3S/c18-13-15-6-8-16(9-7-15)24(22,23)20-11-10-19-17(21)12-14-4-2-1-3-5-14/h1-9,20H,10-12H2,(H,19,21). The third-order valence-corrected chi connectivity index (χ3v) is 4.72. The Labute approximate surface area is 141 Å². The molecule has 0 unspecified atom stereocenters. The second-order valence-corrected chi connectivity index (χ2v) is 6.81. The number of sulfonamides is 1. The number of benzene rings is 2. The zero-order valence-electron chi connectivity index (χ0n) is 12.9. The lowest BCUT2D eigenvalue weighted by Gasteiger charge is -2.08. The van der Waals surface area contributed by atoms with E-state index in [4.69, 9.17) is 5.26 Å². The van der Waals surface area contributed by atoms with Crippen LogP contribution in [0.1, 0.15) is 11.1 Å². The molecule has 24 heavy (non-hydrogen) atoms. The minimum atomic E-state index is -3.65. The van der Waals surface area contributed by atoms with Gasteiger partial charge in [-0.15, -0.1) is 0 Å². The molecule has 0 atom stereocenters. The summed E-state index contributed by atoms with van der Waals surface area (Å²) in [5.74, 6) is -0.168. The van der Waals surface area contributed by atoms with Gasteiger partial charge in [0.25, 0.3) is 0 Å². The average molecular weight is 343 g/mol. The smallest absolute Gasteiger partial charge is 0.240 e. The van der Waals surface area contributed by atoms with E-state index >= 15 is 0 Å². The first-order valence-electron chi connectivity index (χ1n) is 7.32. The van der Waals surface area contributed by atoms with Gasteiger partial charge in [-0.25, -0.2) is 13.1 Å². The molecule has 2 N–H and O–H groups in total. The second-order valence-electron chi connectivity index (χ2n) is 5.05. The van der Waals surface area contributed by atoms with Crippen molar-refractivity contribution in [2.75, 3.05) is 13.1 Å². The summed E-state index contributed by atoms with van der Waals surface area (Å²) in [6.45, 7) is 0.282. The fourth-order valence-electron chi connectivity index (χ4n) is 2.02. The number of nitriles is 1. The molecule has 2 rings (SSSR count). The van der Waals surface area contributed by atoms with E-state index in [0.717, 1.165) is 5.56 Å². The van der Waals surface area contributed by atoms with E-state index in [0.29, 0.717) is 5.56 Å². The van der Waals surface area contributed by atoms with Gasteiger partial charge in [0.05, 0.1) is 22.9 Å². The number of carbonyl (C=O) groups is 1. The third-order valence-electron chi connectivity index (χ3n) is 3.24. The van der Waals surface area contributed by atoms with Crippen LogP contribution in [0.15, 0.2) is 59.5 Å². The van der Waals surface area contributed by atoms with Crippen LogP contribution in [-0.2, 0) is 21.2 Å².